The van der Waals surface area contributed by atoms with Crippen molar-refractivity contribution in [2.24, 2.45) is 0 Å². The SMILES string of the molecule is Cc1ccc(F)cc1-c1nn(CC(=O)N2CC[C@@H](F)C2)c2nnc(-c3ccccc3)c(Cl)c12. The van der Waals surface area contributed by atoms with Gasteiger partial charge in [0.1, 0.15) is 29.9 Å². The molecular weight excluding hydrogens is 448 g/mol. The first-order chi connectivity index (χ1) is 15.9. The van der Waals surface area contributed by atoms with Gasteiger partial charge in [0, 0.05) is 17.7 Å². The van der Waals surface area contributed by atoms with Crippen molar-refractivity contribution in [3.63, 3.8) is 0 Å². The Kier molecular flexibility index (Phi) is 5.54. The molecule has 0 bridgehead atoms. The number of halogens is 3. The predicted molar refractivity (Wildman–Crippen MR) is 122 cm³/mol. The van der Waals surface area contributed by atoms with Gasteiger partial charge in [-0.25, -0.2) is 13.5 Å². The minimum absolute atomic E-state index is 0.0679. The van der Waals surface area contributed by atoms with E-state index in [0.29, 0.717) is 46.0 Å². The Morgan fingerprint density at radius 1 is 1.15 bits per heavy atom. The number of nitrogens with zero attached hydrogens (tertiary/aromatic N) is 5. The van der Waals surface area contributed by atoms with Gasteiger partial charge in [0.2, 0.25) is 5.91 Å². The van der Waals surface area contributed by atoms with Crippen molar-refractivity contribution in [3.8, 4) is 22.5 Å². The Morgan fingerprint density at radius 3 is 2.67 bits per heavy atom. The first-order valence-electron chi connectivity index (χ1n) is 10.6. The molecule has 4 aromatic rings. The van der Waals surface area contributed by atoms with E-state index in [0.717, 1.165) is 11.1 Å². The summed E-state index contributed by atoms with van der Waals surface area (Å²) in [5, 5.41) is 14.0. The van der Waals surface area contributed by atoms with Crippen molar-refractivity contribution >= 4 is 28.5 Å². The minimum Gasteiger partial charge on any atom is -0.338 e. The van der Waals surface area contributed by atoms with Crippen molar-refractivity contribution in [3.05, 3.63) is 64.9 Å². The summed E-state index contributed by atoms with van der Waals surface area (Å²) in [4.78, 5) is 14.3. The largest absolute Gasteiger partial charge is 0.338 e. The van der Waals surface area contributed by atoms with Crippen LogP contribution in [-0.2, 0) is 11.3 Å². The summed E-state index contributed by atoms with van der Waals surface area (Å²) in [6.07, 6.45) is -0.692. The van der Waals surface area contributed by atoms with Crippen LogP contribution in [0.5, 0.6) is 0 Å². The molecule has 0 unspecified atom stereocenters. The maximum atomic E-state index is 14.1. The lowest BCUT2D eigenvalue weighted by atomic mass is 10.0. The van der Waals surface area contributed by atoms with E-state index in [-0.39, 0.29) is 19.0 Å². The third-order valence-electron chi connectivity index (χ3n) is 5.87. The summed E-state index contributed by atoms with van der Waals surface area (Å²) in [6, 6.07) is 13.8. The van der Waals surface area contributed by atoms with Gasteiger partial charge in [0.15, 0.2) is 5.65 Å². The van der Waals surface area contributed by atoms with Gasteiger partial charge >= 0.3 is 0 Å². The van der Waals surface area contributed by atoms with E-state index in [2.05, 4.69) is 15.3 Å². The molecule has 0 N–H and O–H groups in total. The minimum atomic E-state index is -1.02. The second kappa shape index (κ2) is 8.51. The van der Waals surface area contributed by atoms with Crippen LogP contribution < -0.4 is 0 Å². The van der Waals surface area contributed by atoms with E-state index in [1.165, 1.54) is 21.7 Å². The molecular formula is C24H20ClF2N5O. The van der Waals surface area contributed by atoms with E-state index in [1.54, 1.807) is 6.07 Å². The Bertz CT molecular complexity index is 1360. The standard InChI is InChI=1S/C24H20ClF2N5O/c1-14-7-8-16(26)11-18(14)23-20-21(25)22(15-5-3-2-4-6-15)28-29-24(20)32(30-23)13-19(33)31-10-9-17(27)12-31/h2-8,11,17H,9-10,12-13H2,1H3/t17-/m1/s1. The zero-order valence-corrected chi connectivity index (χ0v) is 18.6. The van der Waals surface area contributed by atoms with Crippen LogP contribution in [0.25, 0.3) is 33.5 Å². The molecule has 6 nitrogen and oxygen atoms in total. The van der Waals surface area contributed by atoms with E-state index in [1.807, 2.05) is 37.3 Å². The Hall–Kier alpha value is -3.39. The Balaban J connectivity index is 1.68. The van der Waals surface area contributed by atoms with Crippen LogP contribution in [0.4, 0.5) is 8.78 Å². The number of alkyl halides is 1. The van der Waals surface area contributed by atoms with E-state index in [4.69, 9.17) is 11.6 Å². The average molecular weight is 468 g/mol. The van der Waals surface area contributed by atoms with Crippen LogP contribution in [-0.4, -0.2) is 50.0 Å². The van der Waals surface area contributed by atoms with Crippen molar-refractivity contribution in [2.45, 2.75) is 26.1 Å². The number of aryl methyl sites for hydroxylation is 1. The van der Waals surface area contributed by atoms with Gasteiger partial charge in [0.05, 0.1) is 17.0 Å². The summed E-state index contributed by atoms with van der Waals surface area (Å²) >= 11 is 6.82. The van der Waals surface area contributed by atoms with E-state index >= 15 is 0 Å². The number of hydrogen-bond donors (Lipinski definition) is 0. The quantitative estimate of drug-likeness (QED) is 0.431. The molecule has 5 rings (SSSR count). The maximum absolute atomic E-state index is 14.1. The fourth-order valence-corrected chi connectivity index (χ4v) is 4.44. The van der Waals surface area contributed by atoms with E-state index in [9.17, 15) is 13.6 Å². The van der Waals surface area contributed by atoms with Gasteiger partial charge in [-0.2, -0.15) is 5.10 Å². The molecule has 2 aromatic heterocycles. The fraction of sp³-hybridized carbons (Fsp3) is 0.250. The lowest BCUT2D eigenvalue weighted by Crippen LogP contribution is -2.32. The van der Waals surface area contributed by atoms with Crippen LogP contribution in [0.15, 0.2) is 48.5 Å². The molecule has 3 heterocycles. The van der Waals surface area contributed by atoms with Gasteiger partial charge in [0.25, 0.3) is 0 Å². The third-order valence-corrected chi connectivity index (χ3v) is 6.24. The Morgan fingerprint density at radius 2 is 1.94 bits per heavy atom. The topological polar surface area (TPSA) is 63.9 Å². The molecule has 1 aliphatic rings. The predicted octanol–water partition coefficient (Wildman–Crippen LogP) is 4.83. The smallest absolute Gasteiger partial charge is 0.244 e. The maximum Gasteiger partial charge on any atom is 0.244 e. The number of likely N-dealkylation sites (tertiary alicyclic amines) is 1. The van der Waals surface area contributed by atoms with Crippen molar-refractivity contribution < 1.29 is 13.6 Å². The normalized spacial score (nSPS) is 16.0. The monoisotopic (exact) mass is 467 g/mol. The highest BCUT2D eigenvalue weighted by atomic mass is 35.5. The summed E-state index contributed by atoms with van der Waals surface area (Å²) in [7, 11) is 0. The number of fused-ring (bicyclic) bond motifs is 1. The molecule has 168 valence electrons. The molecule has 1 amide bonds. The van der Waals surface area contributed by atoms with Gasteiger partial charge in [-0.05, 0) is 31.0 Å². The third kappa shape index (κ3) is 3.95. The van der Waals surface area contributed by atoms with Gasteiger partial charge in [-0.15, -0.1) is 10.2 Å². The second-order valence-electron chi connectivity index (χ2n) is 8.12. The molecule has 1 aliphatic heterocycles. The highest BCUT2D eigenvalue weighted by Gasteiger charge is 2.28. The van der Waals surface area contributed by atoms with Crippen LogP contribution in [0.2, 0.25) is 5.02 Å². The molecule has 9 heteroatoms. The van der Waals surface area contributed by atoms with Crippen LogP contribution in [0, 0.1) is 12.7 Å². The molecule has 33 heavy (non-hydrogen) atoms. The van der Waals surface area contributed by atoms with Crippen molar-refractivity contribution in [1.29, 1.82) is 0 Å². The lowest BCUT2D eigenvalue weighted by Gasteiger charge is -2.15. The fourth-order valence-electron chi connectivity index (χ4n) is 4.12. The zero-order chi connectivity index (χ0) is 23.1. The highest BCUT2D eigenvalue weighted by Crippen LogP contribution is 2.38. The van der Waals surface area contributed by atoms with Crippen LogP contribution in [0.3, 0.4) is 0 Å². The lowest BCUT2D eigenvalue weighted by molar-refractivity contribution is -0.131. The first-order valence-corrected chi connectivity index (χ1v) is 11.0. The number of hydrogen-bond acceptors (Lipinski definition) is 4. The average Bonchev–Trinajstić information content (AvgIpc) is 3.41. The molecule has 1 fully saturated rings. The highest BCUT2D eigenvalue weighted by molar-refractivity contribution is 6.38. The molecule has 0 spiro atoms. The zero-order valence-electron chi connectivity index (χ0n) is 17.8. The summed E-state index contributed by atoms with van der Waals surface area (Å²) in [6.45, 7) is 2.13. The molecule has 0 radical (unpaired) electrons. The van der Waals surface area contributed by atoms with Gasteiger partial charge in [-0.1, -0.05) is 48.0 Å². The second-order valence-corrected chi connectivity index (χ2v) is 8.50. The molecule has 1 atom stereocenters. The number of carbonyl (C=O) groups is 1. The summed E-state index contributed by atoms with van der Waals surface area (Å²) < 4.78 is 29.2. The Labute approximate surface area is 193 Å². The summed E-state index contributed by atoms with van der Waals surface area (Å²) in [5.41, 5.74) is 3.30. The summed E-state index contributed by atoms with van der Waals surface area (Å²) in [5.74, 6) is -0.686. The number of carbonyl (C=O) groups excluding carboxylic acids is 1. The number of rotatable bonds is 4. The first kappa shape index (κ1) is 21.5. The van der Waals surface area contributed by atoms with Gasteiger partial charge in [-0.3, -0.25) is 4.79 Å². The van der Waals surface area contributed by atoms with Crippen LogP contribution >= 0.6 is 11.6 Å². The number of amides is 1. The molecule has 0 saturated carbocycles. The number of aromatic nitrogens is 4. The molecule has 0 aliphatic carbocycles. The van der Waals surface area contributed by atoms with Gasteiger partial charge < -0.3 is 4.90 Å². The molecule has 1 saturated heterocycles. The van der Waals surface area contributed by atoms with Crippen LogP contribution in [0.1, 0.15) is 12.0 Å². The van der Waals surface area contributed by atoms with Crippen molar-refractivity contribution in [2.75, 3.05) is 13.1 Å². The van der Waals surface area contributed by atoms with Crippen molar-refractivity contribution in [1.82, 2.24) is 24.9 Å². The number of benzene rings is 2. The molecule has 2 aromatic carbocycles. The van der Waals surface area contributed by atoms with E-state index < -0.39 is 12.0 Å².